The predicted octanol–water partition coefficient (Wildman–Crippen LogP) is 2.53. The van der Waals surface area contributed by atoms with E-state index < -0.39 is 28.5 Å². The normalized spacial score (nSPS) is 49.2. The van der Waals surface area contributed by atoms with Crippen LogP contribution in [0.2, 0.25) is 0 Å². The van der Waals surface area contributed by atoms with Crippen LogP contribution in [0.5, 0.6) is 0 Å². The van der Waals surface area contributed by atoms with Crippen molar-refractivity contribution in [2.45, 2.75) is 50.9 Å². The van der Waals surface area contributed by atoms with Crippen molar-refractivity contribution in [3.8, 4) is 0 Å². The molecular weight excluding hydrogens is 336 g/mol. The Balaban J connectivity index is 1.61. The van der Waals surface area contributed by atoms with E-state index >= 15 is 0 Å². The van der Waals surface area contributed by atoms with Gasteiger partial charge in [0.1, 0.15) is 12.2 Å². The van der Waals surface area contributed by atoms with E-state index in [1.807, 2.05) is 13.0 Å². The van der Waals surface area contributed by atoms with Gasteiger partial charge in [0.05, 0.1) is 18.4 Å². The van der Waals surface area contributed by atoms with Gasteiger partial charge in [0.25, 0.3) is 0 Å². The van der Waals surface area contributed by atoms with Crippen molar-refractivity contribution in [2.24, 2.45) is 22.7 Å². The van der Waals surface area contributed by atoms with Gasteiger partial charge in [-0.1, -0.05) is 13.8 Å². The van der Waals surface area contributed by atoms with Crippen molar-refractivity contribution in [2.75, 3.05) is 0 Å². The largest absolute Gasteiger partial charge is 0.472 e. The van der Waals surface area contributed by atoms with Crippen LogP contribution in [0, 0.1) is 22.7 Å². The molecule has 1 N–H and O–H groups in total. The molecule has 1 aromatic rings. The Morgan fingerprint density at radius 1 is 1.23 bits per heavy atom. The molecule has 0 aromatic carbocycles. The van der Waals surface area contributed by atoms with Gasteiger partial charge in [0.2, 0.25) is 0 Å². The summed E-state index contributed by atoms with van der Waals surface area (Å²) in [7, 11) is 0. The molecule has 6 heteroatoms. The third-order valence-electron chi connectivity index (χ3n) is 7.51. The Kier molecular flexibility index (Phi) is 2.97. The molecule has 0 unspecified atom stereocenters. The lowest BCUT2D eigenvalue weighted by Gasteiger charge is -2.65. The Bertz CT molecular complexity index is 812. The highest BCUT2D eigenvalue weighted by atomic mass is 16.6. The van der Waals surface area contributed by atoms with Crippen molar-refractivity contribution in [3.05, 3.63) is 36.3 Å². The minimum atomic E-state index is -1.63. The minimum absolute atomic E-state index is 0.149. The standard InChI is InChI=1S/C20H22O6/c1-18-9-14(11-5-8-24-10-11)25-16(21)12(18)3-6-19(2)15(18)13-4-7-20(19,23)17(22)26-13/h4-5,7-8,10,12-15,23H,3,6,9H2,1-2H3/t12-,13+,14+,15+,18-,19-,20+/m1/s1. The summed E-state index contributed by atoms with van der Waals surface area (Å²) in [4.78, 5) is 25.2. The molecule has 7 atom stereocenters. The summed E-state index contributed by atoms with van der Waals surface area (Å²) >= 11 is 0. The fraction of sp³-hybridized carbons (Fsp3) is 0.600. The first-order chi connectivity index (χ1) is 12.3. The topological polar surface area (TPSA) is 86.0 Å². The van der Waals surface area contributed by atoms with E-state index in [1.54, 1.807) is 24.7 Å². The first kappa shape index (κ1) is 16.1. The number of carbonyl (C=O) groups excluding carboxylic acids is 2. The summed E-state index contributed by atoms with van der Waals surface area (Å²) in [5.74, 6) is -1.20. The van der Waals surface area contributed by atoms with Gasteiger partial charge in [-0.15, -0.1) is 0 Å². The molecule has 4 heterocycles. The van der Waals surface area contributed by atoms with E-state index in [2.05, 4.69) is 6.92 Å². The number of aliphatic hydroxyl groups is 1. The molecule has 6 nitrogen and oxygen atoms in total. The number of carbonyl (C=O) groups is 2. The van der Waals surface area contributed by atoms with Gasteiger partial charge >= 0.3 is 11.9 Å². The fourth-order valence-electron chi connectivity index (χ4n) is 6.16. The smallest absolute Gasteiger partial charge is 0.343 e. The zero-order valence-corrected chi connectivity index (χ0v) is 14.8. The van der Waals surface area contributed by atoms with Crippen LogP contribution in [0.1, 0.15) is 44.8 Å². The van der Waals surface area contributed by atoms with Crippen molar-refractivity contribution in [3.63, 3.8) is 0 Å². The zero-order chi connectivity index (χ0) is 18.3. The van der Waals surface area contributed by atoms with Gasteiger partial charge in [-0.25, -0.2) is 4.79 Å². The number of rotatable bonds is 1. The summed E-state index contributed by atoms with van der Waals surface area (Å²) in [5, 5.41) is 11.2. The molecule has 5 aliphatic rings. The van der Waals surface area contributed by atoms with Gasteiger partial charge in [-0.2, -0.15) is 0 Å². The summed E-state index contributed by atoms with van der Waals surface area (Å²) in [6.07, 6.45) is 7.52. The van der Waals surface area contributed by atoms with Crippen LogP contribution in [0.4, 0.5) is 0 Å². The van der Waals surface area contributed by atoms with Crippen molar-refractivity contribution >= 4 is 11.9 Å². The van der Waals surface area contributed by atoms with Crippen LogP contribution in [0.3, 0.4) is 0 Å². The monoisotopic (exact) mass is 358 g/mol. The van der Waals surface area contributed by atoms with Gasteiger partial charge in [0.15, 0.2) is 5.60 Å². The maximum Gasteiger partial charge on any atom is 0.343 e. The molecule has 3 fully saturated rings. The number of fused-ring (bicyclic) bond motifs is 2. The lowest BCUT2D eigenvalue weighted by molar-refractivity contribution is -0.259. The molecule has 2 aliphatic carbocycles. The summed E-state index contributed by atoms with van der Waals surface area (Å²) in [6, 6.07) is 1.81. The molecule has 1 saturated carbocycles. The van der Waals surface area contributed by atoms with Crippen molar-refractivity contribution in [1.82, 2.24) is 0 Å². The lowest BCUT2D eigenvalue weighted by atomic mass is 9.42. The molecular formula is C20H22O6. The molecule has 138 valence electrons. The number of furan rings is 1. The highest BCUT2D eigenvalue weighted by Gasteiger charge is 2.72. The van der Waals surface area contributed by atoms with Crippen LogP contribution < -0.4 is 0 Å². The zero-order valence-electron chi connectivity index (χ0n) is 14.8. The number of cyclic esters (lactones) is 1. The van der Waals surface area contributed by atoms with Crippen LogP contribution >= 0.6 is 0 Å². The number of esters is 2. The first-order valence-electron chi connectivity index (χ1n) is 9.15. The van der Waals surface area contributed by atoms with E-state index in [4.69, 9.17) is 13.9 Å². The second kappa shape index (κ2) is 4.80. The Morgan fingerprint density at radius 2 is 2.04 bits per heavy atom. The minimum Gasteiger partial charge on any atom is -0.472 e. The summed E-state index contributed by atoms with van der Waals surface area (Å²) < 4.78 is 16.4. The van der Waals surface area contributed by atoms with Crippen molar-refractivity contribution < 1.29 is 28.6 Å². The third-order valence-corrected chi connectivity index (χ3v) is 7.51. The number of ether oxygens (including phenoxy) is 2. The SMILES string of the molecule is C[C@@]12C[C@@H](c3ccoc3)OC(=O)[C@H]1CC[C@]1(C)[C@H]2[C@@H]2C=C[C@]1(O)C(=O)O2. The molecule has 3 aliphatic heterocycles. The highest BCUT2D eigenvalue weighted by molar-refractivity contribution is 5.86. The van der Waals surface area contributed by atoms with E-state index in [-0.39, 0.29) is 23.9 Å². The molecule has 2 saturated heterocycles. The van der Waals surface area contributed by atoms with Gasteiger partial charge in [-0.05, 0) is 42.9 Å². The van der Waals surface area contributed by atoms with Gasteiger partial charge in [0, 0.05) is 16.9 Å². The maximum atomic E-state index is 12.8. The number of hydrogen-bond donors (Lipinski definition) is 1. The Labute approximate surface area is 151 Å². The molecule has 6 rings (SSSR count). The van der Waals surface area contributed by atoms with Crippen molar-refractivity contribution in [1.29, 1.82) is 0 Å². The Hall–Kier alpha value is -2.08. The van der Waals surface area contributed by atoms with Crippen LogP contribution in [-0.2, 0) is 19.1 Å². The molecule has 0 radical (unpaired) electrons. The molecule has 0 amide bonds. The summed E-state index contributed by atoms with van der Waals surface area (Å²) in [6.45, 7) is 4.04. The molecule has 2 bridgehead atoms. The van der Waals surface area contributed by atoms with E-state index in [0.29, 0.717) is 19.3 Å². The van der Waals surface area contributed by atoms with Crippen LogP contribution in [0.25, 0.3) is 0 Å². The number of hydrogen-bond acceptors (Lipinski definition) is 6. The predicted molar refractivity (Wildman–Crippen MR) is 88.6 cm³/mol. The second-order valence-electron chi connectivity index (χ2n) is 8.67. The van der Waals surface area contributed by atoms with E-state index in [0.717, 1.165) is 5.56 Å². The highest BCUT2D eigenvalue weighted by Crippen LogP contribution is 2.67. The van der Waals surface area contributed by atoms with Gasteiger partial charge < -0.3 is 19.0 Å². The molecule has 26 heavy (non-hydrogen) atoms. The molecule has 0 spiro atoms. The van der Waals surface area contributed by atoms with Crippen LogP contribution in [-0.4, -0.2) is 28.8 Å². The second-order valence-corrected chi connectivity index (χ2v) is 8.67. The quantitative estimate of drug-likeness (QED) is 0.613. The Morgan fingerprint density at radius 3 is 2.73 bits per heavy atom. The molecule has 1 aromatic heterocycles. The average Bonchev–Trinajstić information content (AvgIpc) is 3.10. The van der Waals surface area contributed by atoms with Crippen LogP contribution in [0.15, 0.2) is 35.2 Å². The maximum absolute atomic E-state index is 12.8. The average molecular weight is 358 g/mol. The third kappa shape index (κ3) is 1.71. The van der Waals surface area contributed by atoms with E-state index in [1.165, 1.54) is 0 Å². The van der Waals surface area contributed by atoms with E-state index in [9.17, 15) is 14.7 Å². The van der Waals surface area contributed by atoms with Gasteiger partial charge in [-0.3, -0.25) is 4.79 Å². The summed E-state index contributed by atoms with van der Waals surface area (Å²) in [5.41, 5.74) is -1.91. The fourth-order valence-corrected chi connectivity index (χ4v) is 6.16. The first-order valence-corrected chi connectivity index (χ1v) is 9.15. The lowest BCUT2D eigenvalue weighted by Crippen LogP contribution is -2.72.